The molecule has 6 nitrogen and oxygen atoms in total. The van der Waals surface area contributed by atoms with Crippen molar-refractivity contribution in [2.75, 3.05) is 32.2 Å². The number of hydrogen-bond donors (Lipinski definition) is 2. The van der Waals surface area contributed by atoms with E-state index in [2.05, 4.69) is 22.5 Å². The maximum absolute atomic E-state index is 11.5. The van der Waals surface area contributed by atoms with Crippen LogP contribution in [0.4, 0.5) is 5.69 Å². The summed E-state index contributed by atoms with van der Waals surface area (Å²) in [6.45, 7) is 5.33. The minimum absolute atomic E-state index is 0.0644. The highest BCUT2D eigenvalue weighted by Gasteiger charge is 2.09. The molecule has 2 N–H and O–H groups in total. The third-order valence-electron chi connectivity index (χ3n) is 3.89. The average molecular weight is 345 g/mol. The number of ether oxygens (including phenoxy) is 2. The first-order chi connectivity index (χ1) is 12.1. The number of pyridine rings is 1. The van der Waals surface area contributed by atoms with Gasteiger partial charge in [-0.3, -0.25) is 9.78 Å². The normalized spacial score (nSPS) is 12.0. The first-order valence-electron chi connectivity index (χ1n) is 8.67. The predicted molar refractivity (Wildman–Crippen MR) is 100 cm³/mol. The van der Waals surface area contributed by atoms with Gasteiger partial charge in [0.05, 0.1) is 18.3 Å². The zero-order chi connectivity index (χ0) is 18.1. The van der Waals surface area contributed by atoms with Crippen LogP contribution in [0.3, 0.4) is 0 Å². The fourth-order valence-corrected chi connectivity index (χ4v) is 2.61. The molecule has 1 aromatic carbocycles. The van der Waals surface area contributed by atoms with Crippen molar-refractivity contribution in [1.29, 1.82) is 0 Å². The third kappa shape index (κ3) is 5.90. The van der Waals surface area contributed by atoms with Crippen LogP contribution < -0.4 is 15.4 Å². The molecule has 1 atom stereocenters. The molecular formula is C19H27N3O3. The predicted octanol–water partition coefficient (Wildman–Crippen LogP) is 2.98. The van der Waals surface area contributed by atoms with E-state index >= 15 is 0 Å². The molecule has 0 aliphatic carbocycles. The molecule has 0 bridgehead atoms. The fraction of sp³-hybridized carbons (Fsp3) is 0.474. The van der Waals surface area contributed by atoms with Crippen LogP contribution in [0.2, 0.25) is 0 Å². The van der Waals surface area contributed by atoms with E-state index < -0.39 is 0 Å². The third-order valence-corrected chi connectivity index (χ3v) is 3.89. The number of nitrogens with zero attached hydrogens (tertiary/aromatic N) is 1. The van der Waals surface area contributed by atoms with Crippen LogP contribution in [0.5, 0.6) is 5.75 Å². The van der Waals surface area contributed by atoms with E-state index in [1.807, 2.05) is 31.2 Å². The van der Waals surface area contributed by atoms with Gasteiger partial charge in [-0.1, -0.05) is 6.07 Å². The molecule has 6 heteroatoms. The van der Waals surface area contributed by atoms with Gasteiger partial charge < -0.3 is 20.1 Å². The van der Waals surface area contributed by atoms with Crippen LogP contribution in [0.1, 0.15) is 26.7 Å². The van der Waals surface area contributed by atoms with Crippen LogP contribution in [0.15, 0.2) is 30.5 Å². The molecular weight excluding hydrogens is 318 g/mol. The lowest BCUT2D eigenvalue weighted by Gasteiger charge is -2.17. The highest BCUT2D eigenvalue weighted by atomic mass is 16.5. The van der Waals surface area contributed by atoms with Gasteiger partial charge in [0, 0.05) is 36.8 Å². The summed E-state index contributed by atoms with van der Waals surface area (Å²) >= 11 is 0. The summed E-state index contributed by atoms with van der Waals surface area (Å²) in [6.07, 6.45) is 3.61. The average Bonchev–Trinajstić information content (AvgIpc) is 2.63. The Morgan fingerprint density at radius 1 is 1.36 bits per heavy atom. The second-order valence-corrected chi connectivity index (χ2v) is 5.92. The summed E-state index contributed by atoms with van der Waals surface area (Å²) in [7, 11) is 1.66. The van der Waals surface area contributed by atoms with Crippen LogP contribution in [0.25, 0.3) is 10.9 Å². The molecule has 0 aliphatic rings. The molecule has 1 unspecified atom stereocenters. The van der Waals surface area contributed by atoms with Crippen LogP contribution in [-0.2, 0) is 9.53 Å². The SMILES string of the molecule is CCOCC(=O)NCCCC(C)Nc1cc(OC)cc2cccnc12. The molecule has 1 heterocycles. The van der Waals surface area contributed by atoms with E-state index in [1.165, 1.54) is 0 Å². The maximum atomic E-state index is 11.5. The second-order valence-electron chi connectivity index (χ2n) is 5.92. The molecule has 2 rings (SSSR count). The molecule has 25 heavy (non-hydrogen) atoms. The Morgan fingerprint density at radius 2 is 2.20 bits per heavy atom. The first kappa shape index (κ1) is 19.0. The number of anilines is 1. The molecule has 0 saturated carbocycles. The summed E-state index contributed by atoms with van der Waals surface area (Å²) in [4.78, 5) is 15.9. The van der Waals surface area contributed by atoms with Gasteiger partial charge in [-0.05, 0) is 38.8 Å². The van der Waals surface area contributed by atoms with Crippen molar-refractivity contribution in [3.63, 3.8) is 0 Å². The van der Waals surface area contributed by atoms with Gasteiger partial charge in [0.25, 0.3) is 0 Å². The number of carbonyl (C=O) groups excluding carboxylic acids is 1. The highest BCUT2D eigenvalue weighted by Crippen LogP contribution is 2.28. The Morgan fingerprint density at radius 3 is 2.96 bits per heavy atom. The van der Waals surface area contributed by atoms with E-state index in [-0.39, 0.29) is 18.6 Å². The zero-order valence-electron chi connectivity index (χ0n) is 15.2. The monoisotopic (exact) mass is 345 g/mol. The van der Waals surface area contributed by atoms with E-state index in [0.717, 1.165) is 35.2 Å². The van der Waals surface area contributed by atoms with Crippen molar-refractivity contribution >= 4 is 22.5 Å². The summed E-state index contributed by atoms with van der Waals surface area (Å²) in [5.74, 6) is 0.740. The smallest absolute Gasteiger partial charge is 0.245 e. The summed E-state index contributed by atoms with van der Waals surface area (Å²) < 4.78 is 10.4. The van der Waals surface area contributed by atoms with Crippen molar-refractivity contribution in [2.45, 2.75) is 32.7 Å². The molecule has 0 fully saturated rings. The minimum atomic E-state index is -0.0644. The van der Waals surface area contributed by atoms with Crippen LogP contribution in [0, 0.1) is 0 Å². The Labute approximate surface area is 148 Å². The quantitative estimate of drug-likeness (QED) is 0.648. The Balaban J connectivity index is 1.87. The number of carbonyl (C=O) groups is 1. The van der Waals surface area contributed by atoms with Gasteiger partial charge in [0.2, 0.25) is 5.91 Å². The van der Waals surface area contributed by atoms with Crippen molar-refractivity contribution in [3.8, 4) is 5.75 Å². The molecule has 1 aromatic heterocycles. The van der Waals surface area contributed by atoms with E-state index in [0.29, 0.717) is 13.2 Å². The number of benzene rings is 1. The number of fused-ring (bicyclic) bond motifs is 1. The Bertz CT molecular complexity index is 691. The van der Waals surface area contributed by atoms with Gasteiger partial charge in [-0.2, -0.15) is 0 Å². The second kappa shape index (κ2) is 9.84. The standard InChI is InChI=1S/C19H27N3O3/c1-4-25-13-18(23)20-9-5-7-14(2)22-17-12-16(24-3)11-15-8-6-10-21-19(15)17/h6,8,10-12,14,22H,4-5,7,9,13H2,1-3H3,(H,20,23). The van der Waals surface area contributed by atoms with Gasteiger partial charge in [0.1, 0.15) is 12.4 Å². The van der Waals surface area contributed by atoms with Crippen LogP contribution in [-0.4, -0.2) is 43.8 Å². The lowest BCUT2D eigenvalue weighted by Crippen LogP contribution is -2.29. The van der Waals surface area contributed by atoms with Gasteiger partial charge >= 0.3 is 0 Å². The maximum Gasteiger partial charge on any atom is 0.245 e. The molecule has 0 radical (unpaired) electrons. The first-order valence-corrected chi connectivity index (χ1v) is 8.67. The lowest BCUT2D eigenvalue weighted by atomic mass is 10.1. The van der Waals surface area contributed by atoms with Crippen molar-refractivity contribution in [2.24, 2.45) is 0 Å². The number of aromatic nitrogens is 1. The summed E-state index contributed by atoms with van der Waals surface area (Å²) in [6, 6.07) is 8.14. The summed E-state index contributed by atoms with van der Waals surface area (Å²) in [5.41, 5.74) is 1.89. The largest absolute Gasteiger partial charge is 0.497 e. The number of rotatable bonds is 10. The molecule has 136 valence electrons. The molecule has 2 aromatic rings. The van der Waals surface area contributed by atoms with E-state index in [4.69, 9.17) is 9.47 Å². The lowest BCUT2D eigenvalue weighted by molar-refractivity contribution is -0.125. The van der Waals surface area contributed by atoms with E-state index in [1.54, 1.807) is 13.3 Å². The van der Waals surface area contributed by atoms with Crippen molar-refractivity contribution < 1.29 is 14.3 Å². The molecule has 0 saturated heterocycles. The molecule has 0 spiro atoms. The summed E-state index contributed by atoms with van der Waals surface area (Å²) in [5, 5.41) is 7.40. The topological polar surface area (TPSA) is 72.5 Å². The number of methoxy groups -OCH3 is 1. The fourth-order valence-electron chi connectivity index (χ4n) is 2.61. The van der Waals surface area contributed by atoms with Gasteiger partial charge in [-0.25, -0.2) is 0 Å². The zero-order valence-corrected chi connectivity index (χ0v) is 15.2. The van der Waals surface area contributed by atoms with Gasteiger partial charge in [-0.15, -0.1) is 0 Å². The number of hydrogen-bond acceptors (Lipinski definition) is 5. The van der Waals surface area contributed by atoms with Crippen molar-refractivity contribution in [1.82, 2.24) is 10.3 Å². The van der Waals surface area contributed by atoms with E-state index in [9.17, 15) is 4.79 Å². The van der Waals surface area contributed by atoms with Gasteiger partial charge in [0.15, 0.2) is 0 Å². The minimum Gasteiger partial charge on any atom is -0.497 e. The molecule has 1 amide bonds. The Kier molecular flexibility index (Phi) is 7.47. The van der Waals surface area contributed by atoms with Crippen LogP contribution >= 0.6 is 0 Å². The molecule has 0 aliphatic heterocycles. The highest BCUT2D eigenvalue weighted by molar-refractivity contribution is 5.91. The number of amides is 1. The number of nitrogens with one attached hydrogen (secondary N) is 2. The van der Waals surface area contributed by atoms with Crippen molar-refractivity contribution in [3.05, 3.63) is 30.5 Å². The Hall–Kier alpha value is -2.34.